The van der Waals surface area contributed by atoms with Crippen LogP contribution in [-0.2, 0) is 20.4 Å². The minimum absolute atomic E-state index is 0. The molecule has 562 valence electrons. The molecule has 0 unspecified atom stereocenters. The minimum atomic E-state index is -1.35. The zero-order valence-electron chi connectivity index (χ0n) is 64.2. The second kappa shape index (κ2) is 48.0. The third-order valence-electron chi connectivity index (χ3n) is 17.9. The van der Waals surface area contributed by atoms with Crippen LogP contribution in [-0.4, -0.2) is 17.2 Å². The molecule has 16 aromatic rings. The van der Waals surface area contributed by atoms with Crippen LogP contribution in [0.25, 0.3) is 23.3 Å². The molecule has 0 heterocycles. The summed E-state index contributed by atoms with van der Waals surface area (Å²) in [5.74, 6) is 0. The smallest absolute Gasteiger partial charge is 0.423 e. The Hall–Kier alpha value is -10.2. The topological polar surface area (TPSA) is 40.5 Å². The van der Waals surface area contributed by atoms with Gasteiger partial charge in [-0.1, -0.05) is 483 Å². The van der Waals surface area contributed by atoms with Gasteiger partial charge in [0.25, 0.3) is 0 Å². The van der Waals surface area contributed by atoms with Crippen molar-refractivity contribution in [1.29, 1.82) is 0 Å². The van der Waals surface area contributed by atoms with Crippen LogP contribution in [0.2, 0.25) is 0 Å². The van der Waals surface area contributed by atoms with Gasteiger partial charge in [-0.25, -0.2) is 0 Å². The molecule has 0 spiro atoms. The van der Waals surface area contributed by atoms with E-state index >= 15 is 0 Å². The Morgan fingerprint density at radius 3 is 0.602 bits per heavy atom. The summed E-state index contributed by atoms with van der Waals surface area (Å²) in [5, 5.41) is 34.7. The molecule has 0 aliphatic rings. The van der Waals surface area contributed by atoms with Crippen LogP contribution in [0.4, 0.5) is 0 Å². The van der Waals surface area contributed by atoms with Gasteiger partial charge < -0.3 is 10.0 Å². The van der Waals surface area contributed by atoms with Gasteiger partial charge in [0.15, 0.2) is 0 Å². The van der Waals surface area contributed by atoms with Crippen LogP contribution in [0.1, 0.15) is 33.4 Å². The number of rotatable bonds is 16. The van der Waals surface area contributed by atoms with Gasteiger partial charge in [-0.05, 0) is 180 Å². The molecular weight excluding hydrogens is 1600 g/mol. The fourth-order valence-electron chi connectivity index (χ4n) is 12.7. The van der Waals surface area contributed by atoms with Crippen molar-refractivity contribution in [2.24, 2.45) is 0 Å². The first-order chi connectivity index (χ1) is 55.0. The molecule has 113 heavy (non-hydrogen) atoms. The zero-order valence-corrected chi connectivity index (χ0v) is 71.0. The summed E-state index contributed by atoms with van der Waals surface area (Å²) in [5.41, 5.74) is 10.0. The normalized spacial score (nSPS) is 10.2. The second-order valence-electron chi connectivity index (χ2n) is 25.9. The van der Waals surface area contributed by atoms with Gasteiger partial charge >= 0.3 is 7.12 Å². The molecule has 0 bridgehead atoms. The molecule has 16 aromatic carbocycles. The number of hydrogen-bond donors (Lipinski definition) is 2. The number of hydrogen-bond acceptors (Lipinski definition) is 2. The first-order valence-corrected chi connectivity index (χ1v) is 43.5. The Kier molecular flexibility index (Phi) is 36.9. The molecule has 0 atom stereocenters. The van der Waals surface area contributed by atoms with Crippen molar-refractivity contribution >= 4 is 136 Å². The standard InChI is InChI=1S/4C18H15P.C16H16.C8H11BO2.C8H7Br.Pd/c4*1-4-10-16(11-5-1)19(17-12-6-2-7-13-17)18-14-8-3-9-15-18;1-4-14-9-6-10-15(11-14)16-12(2)7-5-8-13(16)3;1-6-4-3-5-7(2)8(6)9(10)11;1-2-7-4-3-5-8(9)6-7;/h4*1-15H;4-11H,1H2,2-3H3;3-5,10-11H,1-2H3;2-6H,1H2;. The van der Waals surface area contributed by atoms with Crippen LogP contribution in [0.15, 0.2) is 467 Å². The largest absolute Gasteiger partial charge is 0.488 e. The molecule has 0 aliphatic carbocycles. The Morgan fingerprint density at radius 1 is 0.239 bits per heavy atom. The van der Waals surface area contributed by atoms with E-state index in [0.717, 1.165) is 21.2 Å². The number of benzene rings is 16. The molecule has 0 saturated heterocycles. The Labute approximate surface area is 699 Å². The van der Waals surface area contributed by atoms with Crippen LogP contribution >= 0.6 is 47.6 Å². The molecule has 2 N–H and O–H groups in total. The van der Waals surface area contributed by atoms with Crippen molar-refractivity contribution in [3.63, 3.8) is 0 Å². The molecule has 0 saturated carbocycles. The first-order valence-electron chi connectivity index (χ1n) is 37.4. The summed E-state index contributed by atoms with van der Waals surface area (Å²) < 4.78 is 1.10. The third kappa shape index (κ3) is 27.0. The van der Waals surface area contributed by atoms with Gasteiger partial charge in [0.1, 0.15) is 0 Å². The van der Waals surface area contributed by atoms with Gasteiger partial charge in [-0.3, -0.25) is 0 Å². The van der Waals surface area contributed by atoms with Crippen molar-refractivity contribution in [2.75, 3.05) is 0 Å². The fourth-order valence-corrected chi connectivity index (χ4v) is 22.3. The van der Waals surface area contributed by atoms with Crippen LogP contribution in [0, 0.1) is 27.7 Å². The van der Waals surface area contributed by atoms with Gasteiger partial charge in [-0.15, -0.1) is 0 Å². The second-order valence-corrected chi connectivity index (χ2v) is 35.7. The van der Waals surface area contributed by atoms with E-state index < -0.39 is 38.8 Å². The molecular formula is C104H94BBrO2P4Pd. The van der Waals surface area contributed by atoms with E-state index in [-0.39, 0.29) is 20.4 Å². The summed E-state index contributed by atoms with van der Waals surface area (Å²) >= 11 is 3.36. The molecule has 9 heteroatoms. The summed E-state index contributed by atoms with van der Waals surface area (Å²) in [7, 11) is -3.13. The van der Waals surface area contributed by atoms with E-state index in [2.05, 4.69) is 449 Å². The maximum atomic E-state index is 8.94. The zero-order chi connectivity index (χ0) is 78.3. The minimum Gasteiger partial charge on any atom is -0.423 e. The summed E-state index contributed by atoms with van der Waals surface area (Å²) in [4.78, 5) is 0. The van der Waals surface area contributed by atoms with Crippen molar-refractivity contribution in [3.05, 3.63) is 500 Å². The molecule has 0 amide bonds. The van der Waals surface area contributed by atoms with Gasteiger partial charge in [0, 0.05) is 24.9 Å². The van der Waals surface area contributed by atoms with E-state index in [9.17, 15) is 0 Å². The van der Waals surface area contributed by atoms with Crippen molar-refractivity contribution < 1.29 is 30.5 Å². The summed E-state index contributed by atoms with van der Waals surface area (Å²) in [6.45, 7) is 15.5. The maximum Gasteiger partial charge on any atom is 0.488 e. The summed E-state index contributed by atoms with van der Waals surface area (Å²) in [6.07, 6.45) is 3.71. The average Bonchev–Trinajstić information content (AvgIpc) is 0.838. The average molecular weight is 1700 g/mol. The molecule has 0 radical (unpaired) electrons. The van der Waals surface area contributed by atoms with Crippen LogP contribution < -0.4 is 69.1 Å². The van der Waals surface area contributed by atoms with Crippen molar-refractivity contribution in [1.82, 2.24) is 0 Å². The predicted octanol–water partition coefficient (Wildman–Crippen LogP) is 21.5. The van der Waals surface area contributed by atoms with E-state index in [1.54, 1.807) is 0 Å². The SMILES string of the molecule is C=Cc1cccc(-c2c(C)cccc2C)c1.C=Cc1cccc(Br)c1.Cc1cccc(C)c1B(O)O.[Pd].c1ccc(P(c2ccccc2)c2ccccc2)cc1.c1ccc(P(c2ccccc2)c2ccccc2)cc1.c1ccc(P(c2ccccc2)c2ccccc2)cc1.c1ccc(P(c2ccccc2)c2ccccc2)cc1. The van der Waals surface area contributed by atoms with E-state index in [4.69, 9.17) is 10.0 Å². The van der Waals surface area contributed by atoms with E-state index in [1.165, 1.54) is 91.5 Å². The maximum absolute atomic E-state index is 8.94. The molecule has 0 aromatic heterocycles. The Balaban J connectivity index is 0.000000153. The van der Waals surface area contributed by atoms with Gasteiger partial charge in [0.2, 0.25) is 0 Å². The monoisotopic (exact) mass is 1690 g/mol. The predicted molar refractivity (Wildman–Crippen MR) is 502 cm³/mol. The quantitative estimate of drug-likeness (QED) is 0.0748. The Bertz CT molecular complexity index is 4460. The molecule has 0 fully saturated rings. The number of halogens is 1. The molecule has 16 rings (SSSR count). The third-order valence-corrected chi connectivity index (χ3v) is 28.2. The van der Waals surface area contributed by atoms with Crippen molar-refractivity contribution in [2.45, 2.75) is 27.7 Å². The van der Waals surface area contributed by atoms with Crippen LogP contribution in [0.5, 0.6) is 0 Å². The van der Waals surface area contributed by atoms with E-state index in [0.29, 0.717) is 5.46 Å². The fraction of sp³-hybridized carbons (Fsp3) is 0.0385. The van der Waals surface area contributed by atoms with Crippen LogP contribution in [0.3, 0.4) is 0 Å². The Morgan fingerprint density at radius 2 is 0.425 bits per heavy atom. The number of aryl methyl sites for hydroxylation is 4. The first kappa shape index (κ1) is 86.8. The van der Waals surface area contributed by atoms with Gasteiger partial charge in [0.05, 0.1) is 0 Å². The van der Waals surface area contributed by atoms with E-state index in [1.807, 2.05) is 68.5 Å². The molecule has 0 aliphatic heterocycles. The van der Waals surface area contributed by atoms with Crippen molar-refractivity contribution in [3.8, 4) is 11.1 Å². The molecule has 2 nitrogen and oxygen atoms in total. The summed E-state index contributed by atoms with van der Waals surface area (Å²) in [6, 6.07) is 158. The van der Waals surface area contributed by atoms with Gasteiger partial charge in [-0.2, -0.15) is 0 Å².